The Balaban J connectivity index is 0.964. The monoisotopic (exact) mass is 867 g/mol. The minimum atomic E-state index is 0.627. The van der Waals surface area contributed by atoms with Crippen LogP contribution in [-0.2, 0) is 0 Å². The van der Waals surface area contributed by atoms with Crippen molar-refractivity contribution in [3.8, 4) is 66.9 Å². The number of fused-ring (bicyclic) bond motifs is 3. The summed E-state index contributed by atoms with van der Waals surface area (Å²) in [6.45, 7) is 0. The van der Waals surface area contributed by atoms with Gasteiger partial charge in [0.1, 0.15) is 0 Å². The molecule has 0 unspecified atom stereocenters. The summed E-state index contributed by atoms with van der Waals surface area (Å²) in [4.78, 5) is 16.8. The largest absolute Gasteiger partial charge is 0.208 e. The zero-order valence-electron chi connectivity index (χ0n) is 36.1. The Labute approximate surface area is 390 Å². The molecule has 2 heterocycles. The zero-order chi connectivity index (χ0) is 44.0. The second-order valence-electron chi connectivity index (χ2n) is 17.5. The van der Waals surface area contributed by atoms with Gasteiger partial charge in [-0.2, -0.15) is 0 Å². The molecule has 0 N–H and O–H groups in total. The molecule has 0 aliphatic rings. The van der Waals surface area contributed by atoms with Crippen LogP contribution in [-0.4, -0.2) is 15.0 Å². The predicted octanol–water partition coefficient (Wildman–Crippen LogP) is 17.4. The van der Waals surface area contributed by atoms with Crippen molar-refractivity contribution in [1.82, 2.24) is 15.0 Å². The third-order valence-corrected chi connectivity index (χ3v) is 14.8. The molecule has 0 saturated heterocycles. The van der Waals surface area contributed by atoms with E-state index >= 15 is 0 Å². The third-order valence-electron chi connectivity index (χ3n) is 13.6. The van der Waals surface area contributed by atoms with Crippen molar-refractivity contribution in [1.29, 1.82) is 0 Å². The van der Waals surface area contributed by atoms with Gasteiger partial charge in [-0.1, -0.05) is 194 Å². The maximum atomic E-state index is 5.29. The normalized spacial score (nSPS) is 11.9. The second kappa shape index (κ2) is 15.0. The average molecular weight is 868 g/mol. The van der Waals surface area contributed by atoms with Crippen molar-refractivity contribution in [3.05, 3.63) is 224 Å². The molecule has 0 spiro atoms. The van der Waals surface area contributed by atoms with Crippen molar-refractivity contribution >= 4 is 86.1 Å². The minimum Gasteiger partial charge on any atom is -0.208 e. The van der Waals surface area contributed by atoms with E-state index in [1.54, 1.807) is 11.3 Å². The van der Waals surface area contributed by atoms with E-state index in [9.17, 15) is 0 Å². The summed E-state index contributed by atoms with van der Waals surface area (Å²) in [7, 11) is 0. The molecule has 14 rings (SSSR count). The Morgan fingerprint density at radius 2 is 0.731 bits per heavy atom. The van der Waals surface area contributed by atoms with E-state index in [4.69, 9.17) is 15.0 Å². The molecule has 3 nitrogen and oxygen atoms in total. The Morgan fingerprint density at radius 3 is 1.42 bits per heavy atom. The minimum absolute atomic E-state index is 0.627. The first-order valence-corrected chi connectivity index (χ1v) is 23.6. The molecule has 0 saturated carbocycles. The first-order chi connectivity index (χ1) is 33.2. The smallest absolute Gasteiger partial charge is 0.164 e. The Morgan fingerprint density at radius 1 is 0.254 bits per heavy atom. The highest BCUT2D eigenvalue weighted by Gasteiger charge is 2.20. The van der Waals surface area contributed by atoms with Crippen molar-refractivity contribution in [2.45, 2.75) is 0 Å². The first-order valence-electron chi connectivity index (χ1n) is 22.7. The van der Waals surface area contributed by atoms with Gasteiger partial charge in [0, 0.05) is 31.8 Å². The molecule has 0 radical (unpaired) electrons. The lowest BCUT2D eigenvalue weighted by molar-refractivity contribution is 1.07. The third kappa shape index (κ3) is 6.07. The van der Waals surface area contributed by atoms with Gasteiger partial charge in [-0.3, -0.25) is 0 Å². The number of rotatable bonds is 6. The highest BCUT2D eigenvalue weighted by molar-refractivity contribution is 7.22. The number of aromatic nitrogens is 3. The average Bonchev–Trinajstić information content (AvgIpc) is 3.84. The maximum Gasteiger partial charge on any atom is 0.164 e. The fourth-order valence-corrected chi connectivity index (χ4v) is 11.7. The summed E-state index contributed by atoms with van der Waals surface area (Å²) in [6.07, 6.45) is 0. The van der Waals surface area contributed by atoms with E-state index in [2.05, 4.69) is 206 Å². The van der Waals surface area contributed by atoms with Crippen LogP contribution < -0.4 is 0 Å². The molecule has 0 aliphatic carbocycles. The van der Waals surface area contributed by atoms with Crippen LogP contribution in [0.25, 0.3) is 142 Å². The number of nitrogens with zero attached hydrogens (tertiary/aromatic N) is 3. The molecule has 0 atom stereocenters. The van der Waals surface area contributed by atoms with Crippen LogP contribution in [0.3, 0.4) is 0 Å². The molecule has 0 aliphatic heterocycles. The van der Waals surface area contributed by atoms with E-state index in [1.807, 2.05) is 18.2 Å². The molecule has 12 aromatic carbocycles. The SMILES string of the molecule is c1ccc(-c2nc(-c3cccc(-c4ccccc4-c4cc5ccc6cccc7c8cccc9ccc%10cccc(c(c4)c5c67)c%10c98)c3)nc(-c3ccccc3-c3cc4ccccc4s3)n2)cc1. The molecule has 0 fully saturated rings. The van der Waals surface area contributed by atoms with Gasteiger partial charge in [-0.15, -0.1) is 11.3 Å². The zero-order valence-corrected chi connectivity index (χ0v) is 36.9. The van der Waals surface area contributed by atoms with E-state index in [0.717, 1.165) is 38.9 Å². The van der Waals surface area contributed by atoms with E-state index < -0.39 is 0 Å². The van der Waals surface area contributed by atoms with Gasteiger partial charge in [0.2, 0.25) is 0 Å². The van der Waals surface area contributed by atoms with E-state index in [-0.39, 0.29) is 0 Å². The molecule has 0 amide bonds. The van der Waals surface area contributed by atoms with Crippen molar-refractivity contribution in [2.24, 2.45) is 0 Å². The van der Waals surface area contributed by atoms with E-state index in [1.165, 1.54) is 85.2 Å². The Bertz CT molecular complexity index is 4240. The van der Waals surface area contributed by atoms with Crippen molar-refractivity contribution < 1.29 is 0 Å². The molecule has 0 bridgehead atoms. The van der Waals surface area contributed by atoms with Gasteiger partial charge in [0.05, 0.1) is 0 Å². The summed E-state index contributed by atoms with van der Waals surface area (Å²) in [5.41, 5.74) is 8.50. The number of benzene rings is 11. The van der Waals surface area contributed by atoms with Crippen LogP contribution in [0.4, 0.5) is 0 Å². The highest BCUT2D eigenvalue weighted by Crippen LogP contribution is 2.46. The molecule has 4 heteroatoms. The first kappa shape index (κ1) is 37.8. The topological polar surface area (TPSA) is 38.7 Å². The Kier molecular flexibility index (Phi) is 8.45. The van der Waals surface area contributed by atoms with Gasteiger partial charge in [-0.25, -0.2) is 15.0 Å². The number of hydrogen-bond acceptors (Lipinski definition) is 4. The summed E-state index contributed by atoms with van der Waals surface area (Å²) in [6, 6.07) is 81.4. The lowest BCUT2D eigenvalue weighted by atomic mass is 9.85. The summed E-state index contributed by atoms with van der Waals surface area (Å²) in [5, 5.41) is 16.5. The van der Waals surface area contributed by atoms with E-state index in [0.29, 0.717) is 17.5 Å². The quantitative estimate of drug-likeness (QED) is 0.156. The van der Waals surface area contributed by atoms with Crippen LogP contribution in [0.15, 0.2) is 224 Å². The van der Waals surface area contributed by atoms with Crippen LogP contribution in [0.5, 0.6) is 0 Å². The summed E-state index contributed by atoms with van der Waals surface area (Å²) in [5.74, 6) is 1.91. The van der Waals surface area contributed by atoms with Crippen LogP contribution in [0.1, 0.15) is 0 Å². The molecular formula is C63H37N3S. The van der Waals surface area contributed by atoms with Gasteiger partial charge in [0.25, 0.3) is 0 Å². The van der Waals surface area contributed by atoms with Gasteiger partial charge in [-0.05, 0) is 123 Å². The standard InChI is InChI=1S/C63H37N3S/c1-2-14-41(15-3-1)61-64-62(66-63(65-61)53-25-8-7-24-49(53)56-37-43-16-4-9-29-55(43)67-56)45-21-10-20-42(34-45)47-22-5-6-23-48(47)46-35-44-33-32-40-18-12-27-51-50-26-11-17-38-30-31-39-19-13-28-52(59(39)57(38)50)54(36-46)60(44)58(40)51/h1-37H. The molecule has 2 aromatic heterocycles. The van der Waals surface area contributed by atoms with Crippen molar-refractivity contribution in [2.75, 3.05) is 0 Å². The van der Waals surface area contributed by atoms with Gasteiger partial charge < -0.3 is 0 Å². The van der Waals surface area contributed by atoms with Crippen molar-refractivity contribution in [3.63, 3.8) is 0 Å². The van der Waals surface area contributed by atoms with Crippen LogP contribution in [0, 0.1) is 0 Å². The highest BCUT2D eigenvalue weighted by atomic mass is 32.1. The van der Waals surface area contributed by atoms with Crippen LogP contribution >= 0.6 is 11.3 Å². The predicted molar refractivity (Wildman–Crippen MR) is 284 cm³/mol. The molecule has 14 aromatic rings. The van der Waals surface area contributed by atoms with Gasteiger partial charge in [0.15, 0.2) is 17.5 Å². The Hall–Kier alpha value is -8.57. The van der Waals surface area contributed by atoms with Crippen LogP contribution in [0.2, 0.25) is 0 Å². The number of hydrogen-bond donors (Lipinski definition) is 0. The lowest BCUT2D eigenvalue weighted by Crippen LogP contribution is -2.01. The fourth-order valence-electron chi connectivity index (χ4n) is 10.6. The number of thiophene rings is 1. The lowest BCUT2D eigenvalue weighted by Gasteiger charge is -2.18. The molecule has 67 heavy (non-hydrogen) atoms. The maximum absolute atomic E-state index is 5.29. The second-order valence-corrected chi connectivity index (χ2v) is 18.5. The fraction of sp³-hybridized carbons (Fsp3) is 0. The molecular weight excluding hydrogens is 831 g/mol. The summed E-state index contributed by atoms with van der Waals surface area (Å²) < 4.78 is 1.25. The van der Waals surface area contributed by atoms with Gasteiger partial charge >= 0.3 is 0 Å². The summed E-state index contributed by atoms with van der Waals surface area (Å²) >= 11 is 1.79. The molecule has 310 valence electrons.